The highest BCUT2D eigenvalue weighted by Crippen LogP contribution is 2.14. The van der Waals surface area contributed by atoms with E-state index in [4.69, 9.17) is 0 Å². The van der Waals surface area contributed by atoms with Crippen molar-refractivity contribution in [2.45, 2.75) is 186 Å². The Morgan fingerprint density at radius 1 is 0.628 bits per heavy atom. The van der Waals surface area contributed by atoms with Crippen LogP contribution in [0.1, 0.15) is 168 Å². The molecule has 0 fully saturated rings. The fourth-order valence-corrected chi connectivity index (χ4v) is 5.95. The lowest BCUT2D eigenvalue weighted by atomic mass is 10.0. The third kappa shape index (κ3) is 29.3. The van der Waals surface area contributed by atoms with Crippen LogP contribution >= 0.6 is 0 Å². The molecule has 0 rings (SSSR count). The maximum atomic E-state index is 12.4. The molecule has 3 atom stereocenters. The fraction of sp³-hybridized carbons (Fsp3) is 0.857. The first-order chi connectivity index (χ1) is 20.7. The smallest absolute Gasteiger partial charge is 0.267 e. The van der Waals surface area contributed by atoms with E-state index < -0.39 is 40.0 Å². The molecule has 254 valence electrons. The number of carbonyl (C=O) groups excluding carboxylic acids is 1. The first-order valence-electron chi connectivity index (χ1n) is 17.6. The van der Waals surface area contributed by atoms with Crippen LogP contribution < -0.4 is 5.32 Å². The highest BCUT2D eigenvalue weighted by atomic mass is 32.2. The summed E-state index contributed by atoms with van der Waals surface area (Å²) in [5, 5.41) is 23.0. The van der Waals surface area contributed by atoms with Gasteiger partial charge in [-0.3, -0.25) is 9.35 Å². The molecule has 0 aliphatic rings. The molecular formula is C35H67NO6S. The Balaban J connectivity index is 3.87. The Morgan fingerprint density at radius 3 is 1.51 bits per heavy atom. The summed E-state index contributed by atoms with van der Waals surface area (Å²) < 4.78 is 32.0. The number of rotatable bonds is 31. The molecule has 7 nitrogen and oxygen atoms in total. The van der Waals surface area contributed by atoms with Crippen LogP contribution in [0.25, 0.3) is 0 Å². The quantitative estimate of drug-likeness (QED) is 0.0346. The molecule has 0 bridgehead atoms. The minimum Gasteiger partial charge on any atom is -0.387 e. The molecule has 0 aromatic heterocycles. The van der Waals surface area contributed by atoms with Crippen molar-refractivity contribution in [3.8, 4) is 0 Å². The molecular weight excluding hydrogens is 562 g/mol. The molecule has 0 heterocycles. The van der Waals surface area contributed by atoms with Gasteiger partial charge < -0.3 is 15.5 Å². The van der Waals surface area contributed by atoms with Crippen molar-refractivity contribution < 1.29 is 28.0 Å². The molecule has 1 amide bonds. The summed E-state index contributed by atoms with van der Waals surface area (Å²) in [5.41, 5.74) is 0. The van der Waals surface area contributed by atoms with Crippen LogP contribution in [0.3, 0.4) is 0 Å². The van der Waals surface area contributed by atoms with Gasteiger partial charge in [0.1, 0.15) is 6.10 Å². The van der Waals surface area contributed by atoms with E-state index >= 15 is 0 Å². The summed E-state index contributed by atoms with van der Waals surface area (Å²) in [7, 11) is -4.42. The van der Waals surface area contributed by atoms with Gasteiger partial charge in [0.15, 0.2) is 0 Å². The van der Waals surface area contributed by atoms with Gasteiger partial charge in [-0.2, -0.15) is 8.42 Å². The Hall–Kier alpha value is -1.22. The first-order valence-corrected chi connectivity index (χ1v) is 19.3. The Morgan fingerprint density at radius 2 is 1.02 bits per heavy atom. The van der Waals surface area contributed by atoms with Crippen LogP contribution in [0.5, 0.6) is 0 Å². The highest BCUT2D eigenvalue weighted by Gasteiger charge is 2.27. The second kappa shape index (κ2) is 29.5. The van der Waals surface area contributed by atoms with E-state index in [1.807, 2.05) is 0 Å². The third-order valence-electron chi connectivity index (χ3n) is 7.98. The minimum absolute atomic E-state index is 0.273. The van der Waals surface area contributed by atoms with E-state index in [0.29, 0.717) is 6.42 Å². The Bertz CT molecular complexity index is 798. The van der Waals surface area contributed by atoms with Crippen molar-refractivity contribution in [1.29, 1.82) is 0 Å². The Kier molecular flexibility index (Phi) is 28.7. The number of carbonyl (C=O) groups is 1. The molecule has 0 aliphatic heterocycles. The van der Waals surface area contributed by atoms with E-state index in [9.17, 15) is 28.0 Å². The van der Waals surface area contributed by atoms with Crippen LogP contribution in [0.15, 0.2) is 24.3 Å². The van der Waals surface area contributed by atoms with Crippen molar-refractivity contribution in [1.82, 2.24) is 5.32 Å². The fourth-order valence-electron chi connectivity index (χ4n) is 5.21. The van der Waals surface area contributed by atoms with Crippen molar-refractivity contribution >= 4 is 16.0 Å². The average Bonchev–Trinajstić information content (AvgIpc) is 2.96. The topological polar surface area (TPSA) is 124 Å². The van der Waals surface area contributed by atoms with Crippen molar-refractivity contribution in [3.63, 3.8) is 0 Å². The maximum Gasteiger partial charge on any atom is 0.267 e. The molecule has 0 aliphatic carbocycles. The van der Waals surface area contributed by atoms with Gasteiger partial charge >= 0.3 is 0 Å². The second-order valence-electron chi connectivity index (χ2n) is 12.3. The highest BCUT2D eigenvalue weighted by molar-refractivity contribution is 7.85. The molecule has 0 aromatic rings. The predicted molar refractivity (Wildman–Crippen MR) is 181 cm³/mol. The van der Waals surface area contributed by atoms with Crippen molar-refractivity contribution in [2.24, 2.45) is 0 Å². The summed E-state index contributed by atoms with van der Waals surface area (Å²) in [6, 6.07) is -1.23. The van der Waals surface area contributed by atoms with Gasteiger partial charge in [-0.1, -0.05) is 147 Å². The van der Waals surface area contributed by atoms with Crippen LogP contribution in [0, 0.1) is 0 Å². The monoisotopic (exact) mass is 629 g/mol. The number of hydrogen-bond donors (Lipinski definition) is 4. The maximum absolute atomic E-state index is 12.4. The van der Waals surface area contributed by atoms with Gasteiger partial charge in [-0.05, 0) is 44.9 Å². The number of allylic oxidation sites excluding steroid dienone is 3. The normalized spacial score (nSPS) is 14.4. The number of aliphatic hydroxyl groups excluding tert-OH is 2. The van der Waals surface area contributed by atoms with Crippen LogP contribution in [0.2, 0.25) is 0 Å². The average molecular weight is 630 g/mol. The van der Waals surface area contributed by atoms with E-state index in [1.165, 1.54) is 96.0 Å². The third-order valence-corrected chi connectivity index (χ3v) is 8.76. The van der Waals surface area contributed by atoms with Crippen molar-refractivity contribution in [3.05, 3.63) is 24.3 Å². The number of nitrogens with one attached hydrogen (secondary N) is 1. The SMILES string of the molecule is CCCCC/C=C/C(O)C(CS(=O)(=O)O)NC(=O)C(O)CCCCCCCC/C=C\CCCCCCCCCCCCC. The van der Waals surface area contributed by atoms with Crippen LogP contribution in [0.4, 0.5) is 0 Å². The largest absolute Gasteiger partial charge is 0.387 e. The lowest BCUT2D eigenvalue weighted by Gasteiger charge is -2.22. The van der Waals surface area contributed by atoms with E-state index in [2.05, 4.69) is 31.3 Å². The van der Waals surface area contributed by atoms with Gasteiger partial charge in [-0.25, -0.2) is 0 Å². The zero-order valence-corrected chi connectivity index (χ0v) is 28.5. The molecule has 8 heteroatoms. The van der Waals surface area contributed by atoms with Crippen LogP contribution in [-0.4, -0.2) is 53.1 Å². The molecule has 3 unspecified atom stereocenters. The summed E-state index contributed by atoms with van der Waals surface area (Å²) in [5.74, 6) is -1.55. The van der Waals surface area contributed by atoms with E-state index in [1.54, 1.807) is 6.08 Å². The number of amides is 1. The summed E-state index contributed by atoms with van der Waals surface area (Å²) in [6.07, 6.45) is 33.0. The van der Waals surface area contributed by atoms with Gasteiger partial charge in [-0.15, -0.1) is 0 Å². The zero-order valence-electron chi connectivity index (χ0n) is 27.7. The summed E-state index contributed by atoms with van der Waals surface area (Å²) >= 11 is 0. The van der Waals surface area contributed by atoms with E-state index in [-0.39, 0.29) is 6.42 Å². The second-order valence-corrected chi connectivity index (χ2v) is 13.8. The minimum atomic E-state index is -4.42. The molecule has 4 N–H and O–H groups in total. The molecule has 0 spiro atoms. The molecule has 0 saturated carbocycles. The van der Waals surface area contributed by atoms with Gasteiger partial charge in [0.25, 0.3) is 10.1 Å². The standard InChI is InChI=1S/C35H67NO6S/c1-3-5-7-9-10-11-12-13-14-15-16-17-18-19-20-21-22-23-24-26-28-30-34(38)35(39)36-32(31-43(40,41)42)33(37)29-27-25-8-6-4-2/h18-19,27,29,32-34,37-38H,3-17,20-26,28,30-31H2,1-2H3,(H,36,39)(H,40,41,42)/b19-18-,29-27+. The lowest BCUT2D eigenvalue weighted by molar-refractivity contribution is -0.130. The van der Waals surface area contributed by atoms with Gasteiger partial charge in [0.05, 0.1) is 17.9 Å². The number of unbranched alkanes of at least 4 members (excludes halogenated alkanes) is 20. The lowest BCUT2D eigenvalue weighted by Crippen LogP contribution is -2.50. The van der Waals surface area contributed by atoms with Crippen molar-refractivity contribution in [2.75, 3.05) is 5.75 Å². The van der Waals surface area contributed by atoms with Gasteiger partial charge in [0.2, 0.25) is 5.91 Å². The molecule has 43 heavy (non-hydrogen) atoms. The molecule has 0 aromatic carbocycles. The Labute approximate surface area is 265 Å². The number of aliphatic hydroxyl groups is 2. The molecule has 0 radical (unpaired) electrons. The zero-order chi connectivity index (χ0) is 32.0. The molecule has 0 saturated heterocycles. The summed E-state index contributed by atoms with van der Waals surface area (Å²) in [4.78, 5) is 12.4. The predicted octanol–water partition coefficient (Wildman–Crippen LogP) is 8.60. The first kappa shape index (κ1) is 41.8. The number of hydrogen-bond acceptors (Lipinski definition) is 5. The van der Waals surface area contributed by atoms with Gasteiger partial charge in [0, 0.05) is 0 Å². The van der Waals surface area contributed by atoms with Crippen LogP contribution in [-0.2, 0) is 14.9 Å². The summed E-state index contributed by atoms with van der Waals surface area (Å²) in [6.45, 7) is 4.35. The van der Waals surface area contributed by atoms with E-state index in [0.717, 1.165) is 51.4 Å².